The van der Waals surface area contributed by atoms with E-state index in [1.807, 2.05) is 6.92 Å². The second kappa shape index (κ2) is 5.73. The molecule has 1 rings (SSSR count). The van der Waals surface area contributed by atoms with Gasteiger partial charge >= 0.3 is 5.97 Å². The van der Waals surface area contributed by atoms with Crippen LogP contribution in [0.15, 0.2) is 0 Å². The monoisotopic (exact) mass is 213 g/mol. The normalized spacial score (nSPS) is 17.9. The summed E-state index contributed by atoms with van der Waals surface area (Å²) in [6, 6.07) is 0. The zero-order valence-corrected chi connectivity index (χ0v) is 9.16. The van der Waals surface area contributed by atoms with Crippen molar-refractivity contribution in [1.29, 1.82) is 0 Å². The molecule has 1 atom stereocenters. The first kappa shape index (κ1) is 12.0. The molecule has 15 heavy (non-hydrogen) atoms. The Morgan fingerprint density at radius 3 is 2.60 bits per heavy atom. The van der Waals surface area contributed by atoms with Crippen LogP contribution in [0.3, 0.4) is 0 Å². The third kappa shape index (κ3) is 4.32. The van der Waals surface area contributed by atoms with Gasteiger partial charge in [-0.3, -0.25) is 9.59 Å². The number of aliphatic carboxylic acids is 1. The molecule has 0 saturated heterocycles. The predicted molar refractivity (Wildman–Crippen MR) is 56.4 cm³/mol. The fourth-order valence-electron chi connectivity index (χ4n) is 1.56. The molecule has 1 saturated carbocycles. The molecule has 1 aliphatic carbocycles. The maximum atomic E-state index is 11.4. The summed E-state index contributed by atoms with van der Waals surface area (Å²) in [5, 5.41) is 11.4. The van der Waals surface area contributed by atoms with E-state index in [1.165, 1.54) is 0 Å². The van der Waals surface area contributed by atoms with Crippen molar-refractivity contribution < 1.29 is 14.7 Å². The Hall–Kier alpha value is -1.06. The van der Waals surface area contributed by atoms with Crippen LogP contribution in [0.1, 0.15) is 39.0 Å². The first-order valence-corrected chi connectivity index (χ1v) is 5.59. The van der Waals surface area contributed by atoms with Crippen LogP contribution < -0.4 is 5.32 Å². The van der Waals surface area contributed by atoms with Crippen LogP contribution in [0.4, 0.5) is 0 Å². The average molecular weight is 213 g/mol. The third-order valence-electron chi connectivity index (χ3n) is 2.95. The largest absolute Gasteiger partial charge is 0.481 e. The highest BCUT2D eigenvalue weighted by atomic mass is 16.4. The van der Waals surface area contributed by atoms with Gasteiger partial charge in [-0.25, -0.2) is 0 Å². The molecule has 86 valence electrons. The molecule has 1 aliphatic rings. The van der Waals surface area contributed by atoms with Crippen LogP contribution in [0.25, 0.3) is 0 Å². The van der Waals surface area contributed by atoms with Crippen molar-refractivity contribution in [2.24, 2.45) is 11.8 Å². The molecule has 1 fully saturated rings. The van der Waals surface area contributed by atoms with Crippen molar-refractivity contribution in [3.05, 3.63) is 0 Å². The third-order valence-corrected chi connectivity index (χ3v) is 2.95. The van der Waals surface area contributed by atoms with Crippen LogP contribution in [0.2, 0.25) is 0 Å². The molecule has 0 aliphatic heterocycles. The number of carbonyl (C=O) groups is 2. The van der Waals surface area contributed by atoms with Gasteiger partial charge in [0.1, 0.15) is 0 Å². The highest BCUT2D eigenvalue weighted by molar-refractivity contribution is 5.79. The molecular formula is C11H19NO3. The molecule has 4 heteroatoms. The van der Waals surface area contributed by atoms with E-state index in [1.54, 1.807) is 0 Å². The lowest BCUT2D eigenvalue weighted by Gasteiger charge is -2.24. The van der Waals surface area contributed by atoms with E-state index >= 15 is 0 Å². The van der Waals surface area contributed by atoms with Gasteiger partial charge in [0, 0.05) is 18.9 Å². The van der Waals surface area contributed by atoms with Gasteiger partial charge in [0.05, 0.1) is 0 Å². The summed E-state index contributed by atoms with van der Waals surface area (Å²) < 4.78 is 0. The Morgan fingerprint density at radius 2 is 2.13 bits per heavy atom. The molecule has 2 N–H and O–H groups in total. The van der Waals surface area contributed by atoms with Gasteiger partial charge in [0.15, 0.2) is 0 Å². The van der Waals surface area contributed by atoms with E-state index in [0.29, 0.717) is 13.0 Å². The molecular weight excluding hydrogens is 194 g/mol. The molecule has 1 unspecified atom stereocenters. The van der Waals surface area contributed by atoms with Crippen LogP contribution in [-0.4, -0.2) is 23.5 Å². The van der Waals surface area contributed by atoms with Crippen LogP contribution in [0, 0.1) is 11.8 Å². The van der Waals surface area contributed by atoms with Gasteiger partial charge in [-0.2, -0.15) is 0 Å². The van der Waals surface area contributed by atoms with Crippen molar-refractivity contribution in [3.63, 3.8) is 0 Å². The lowest BCUT2D eigenvalue weighted by molar-refractivity contribution is -0.137. The maximum absolute atomic E-state index is 11.4. The number of carbonyl (C=O) groups excluding carboxylic acids is 1. The van der Waals surface area contributed by atoms with E-state index in [0.717, 1.165) is 19.3 Å². The topological polar surface area (TPSA) is 66.4 Å². The molecule has 0 radical (unpaired) electrons. The molecule has 0 bridgehead atoms. The van der Waals surface area contributed by atoms with E-state index in [2.05, 4.69) is 5.32 Å². The first-order valence-electron chi connectivity index (χ1n) is 5.59. The predicted octanol–water partition coefficient (Wildman–Crippen LogP) is 1.40. The zero-order chi connectivity index (χ0) is 11.3. The van der Waals surface area contributed by atoms with Crippen molar-refractivity contribution in [2.75, 3.05) is 6.54 Å². The number of carboxylic acids is 1. The van der Waals surface area contributed by atoms with Crippen molar-refractivity contribution in [2.45, 2.75) is 39.0 Å². The smallest absolute Gasteiger partial charge is 0.303 e. The minimum absolute atomic E-state index is 0.142. The molecule has 0 aromatic rings. The average Bonchev–Trinajstić information content (AvgIpc) is 2.08. The van der Waals surface area contributed by atoms with E-state index in [-0.39, 0.29) is 24.2 Å². The summed E-state index contributed by atoms with van der Waals surface area (Å²) in [5.41, 5.74) is 0. The summed E-state index contributed by atoms with van der Waals surface area (Å²) in [7, 11) is 0. The van der Waals surface area contributed by atoms with Crippen molar-refractivity contribution in [1.82, 2.24) is 5.32 Å². The number of hydrogen-bond donors (Lipinski definition) is 2. The highest BCUT2D eigenvalue weighted by Gasteiger charge is 2.24. The standard InChI is InChI=1S/C11H19NO3/c1-8(5-6-10(13)14)7-12-11(15)9-3-2-4-9/h8-9H,2-7H2,1H3,(H,12,15)(H,13,14). The highest BCUT2D eigenvalue weighted by Crippen LogP contribution is 2.26. The number of rotatable bonds is 6. The minimum atomic E-state index is -0.771. The fourth-order valence-corrected chi connectivity index (χ4v) is 1.56. The second-order valence-corrected chi connectivity index (χ2v) is 4.41. The lowest BCUT2D eigenvalue weighted by Crippen LogP contribution is -2.36. The van der Waals surface area contributed by atoms with E-state index in [4.69, 9.17) is 5.11 Å². The van der Waals surface area contributed by atoms with Gasteiger partial charge in [0.25, 0.3) is 0 Å². The van der Waals surface area contributed by atoms with Crippen molar-refractivity contribution in [3.8, 4) is 0 Å². The summed E-state index contributed by atoms with van der Waals surface area (Å²) in [4.78, 5) is 21.8. The lowest BCUT2D eigenvalue weighted by atomic mass is 9.85. The zero-order valence-electron chi connectivity index (χ0n) is 9.16. The van der Waals surface area contributed by atoms with Crippen LogP contribution >= 0.6 is 0 Å². The SMILES string of the molecule is CC(CCC(=O)O)CNC(=O)C1CCC1. The number of carboxylic acid groups (broad SMARTS) is 1. The van der Waals surface area contributed by atoms with Gasteiger partial charge in [-0.1, -0.05) is 13.3 Å². The minimum Gasteiger partial charge on any atom is -0.481 e. The van der Waals surface area contributed by atoms with Gasteiger partial charge < -0.3 is 10.4 Å². The molecule has 0 heterocycles. The Kier molecular flexibility index (Phi) is 4.59. The van der Waals surface area contributed by atoms with Gasteiger partial charge in [-0.05, 0) is 25.2 Å². The second-order valence-electron chi connectivity index (χ2n) is 4.41. The Balaban J connectivity index is 2.07. The van der Waals surface area contributed by atoms with Crippen molar-refractivity contribution >= 4 is 11.9 Å². The van der Waals surface area contributed by atoms with Crippen LogP contribution in [-0.2, 0) is 9.59 Å². The molecule has 0 aromatic carbocycles. The number of amides is 1. The fraction of sp³-hybridized carbons (Fsp3) is 0.818. The Bertz CT molecular complexity index is 236. The first-order chi connectivity index (χ1) is 7.09. The Morgan fingerprint density at radius 1 is 1.47 bits per heavy atom. The quantitative estimate of drug-likeness (QED) is 0.701. The summed E-state index contributed by atoms with van der Waals surface area (Å²) in [6.45, 7) is 2.56. The maximum Gasteiger partial charge on any atom is 0.303 e. The van der Waals surface area contributed by atoms with Gasteiger partial charge in [0.2, 0.25) is 5.91 Å². The molecule has 0 aromatic heterocycles. The molecule has 1 amide bonds. The summed E-state index contributed by atoms with van der Waals surface area (Å²) in [5.74, 6) is -0.169. The van der Waals surface area contributed by atoms with E-state index < -0.39 is 5.97 Å². The number of nitrogens with one attached hydrogen (secondary N) is 1. The Labute approximate surface area is 90.0 Å². The summed E-state index contributed by atoms with van der Waals surface area (Å²) in [6.07, 6.45) is 3.98. The molecule has 0 spiro atoms. The summed E-state index contributed by atoms with van der Waals surface area (Å²) >= 11 is 0. The van der Waals surface area contributed by atoms with Gasteiger partial charge in [-0.15, -0.1) is 0 Å². The number of hydrogen-bond acceptors (Lipinski definition) is 2. The molecule has 4 nitrogen and oxygen atoms in total. The van der Waals surface area contributed by atoms with Crippen LogP contribution in [0.5, 0.6) is 0 Å². The van der Waals surface area contributed by atoms with E-state index in [9.17, 15) is 9.59 Å².